The molecule has 3 aromatic heterocycles. The fraction of sp³-hybridized carbons (Fsp3) is 0. The molecule has 12 aromatic rings. The second kappa shape index (κ2) is 19.2. The number of benzene rings is 9. The quantitative estimate of drug-likeness (QED) is 0.141. The van der Waals surface area contributed by atoms with Crippen molar-refractivity contribution < 1.29 is 0 Å². The van der Waals surface area contributed by atoms with E-state index in [-0.39, 0.29) is 0 Å². The Balaban J connectivity index is 0.763. The summed E-state index contributed by atoms with van der Waals surface area (Å²) in [6.07, 6.45) is 0. The Morgan fingerprint density at radius 1 is 0.224 bits per heavy atom. The summed E-state index contributed by atoms with van der Waals surface area (Å²) < 4.78 is 0. The predicted octanol–water partition coefficient (Wildman–Crippen LogP) is 22.1. The van der Waals surface area contributed by atoms with E-state index in [1.165, 1.54) is 110 Å². The smallest absolute Gasteiger partial charge is 0.101 e. The van der Waals surface area contributed by atoms with Crippen molar-refractivity contribution in [1.29, 1.82) is 0 Å². The molecule has 0 amide bonds. The van der Waals surface area contributed by atoms with Gasteiger partial charge in [-0.3, -0.25) is 14.7 Å². The number of hydrogen-bond acceptors (Lipinski definition) is 10. The van der Waals surface area contributed by atoms with Crippen molar-refractivity contribution in [2.24, 2.45) is 0 Å². The third-order valence-corrected chi connectivity index (χ3v) is 20.7. The van der Waals surface area contributed by atoms with Crippen molar-refractivity contribution in [1.82, 2.24) is 0 Å². The summed E-state index contributed by atoms with van der Waals surface area (Å²) in [4.78, 5) is 20.9. The first-order valence-electron chi connectivity index (χ1n) is 25.0. The molecule has 0 unspecified atom stereocenters. The molecule has 15 rings (SSSR count). The van der Waals surface area contributed by atoms with E-state index < -0.39 is 0 Å². The minimum atomic E-state index is 1.09. The van der Waals surface area contributed by atoms with Crippen LogP contribution in [-0.4, -0.2) is 0 Å². The third-order valence-electron chi connectivity index (χ3n) is 14.0. The topological polar surface area (TPSA) is 13.0 Å². The maximum atomic E-state index is 2.42. The summed E-state index contributed by atoms with van der Waals surface area (Å²) in [5.74, 6) is 0. The van der Waals surface area contributed by atoms with E-state index in [9.17, 15) is 0 Å². The summed E-state index contributed by atoms with van der Waals surface area (Å²) in [7, 11) is 0. The van der Waals surface area contributed by atoms with Crippen molar-refractivity contribution in [3.05, 3.63) is 255 Å². The molecule has 4 nitrogen and oxygen atoms in total. The molecule has 362 valence electrons. The van der Waals surface area contributed by atoms with Crippen LogP contribution in [0.15, 0.2) is 284 Å². The molecule has 10 heteroatoms. The molecule has 0 aliphatic carbocycles. The lowest BCUT2D eigenvalue weighted by molar-refractivity contribution is 1.18. The van der Waals surface area contributed by atoms with Gasteiger partial charge in [-0.15, -0.1) is 34.0 Å². The fourth-order valence-electron chi connectivity index (χ4n) is 10.4. The number of thiophene rings is 3. The Labute approximate surface area is 466 Å². The maximum absolute atomic E-state index is 2.42. The zero-order valence-electron chi connectivity index (χ0n) is 40.5. The van der Waals surface area contributed by atoms with Gasteiger partial charge in [0.1, 0.15) is 15.0 Å². The molecule has 9 aromatic carbocycles. The predicted molar refractivity (Wildman–Crippen MR) is 327 cm³/mol. The third kappa shape index (κ3) is 8.07. The van der Waals surface area contributed by atoms with Gasteiger partial charge in [0.25, 0.3) is 0 Å². The number of rotatable bonds is 9. The summed E-state index contributed by atoms with van der Waals surface area (Å²) in [5, 5.41) is 3.60. The SMILES string of the molecule is c1ccc2c(c1)Sc1ccccc1N2c1ccc(-c2ccc(N(c3ccc(-c4ccc(N5c6ccccc6Sc6ccccc65)s4)cc3)c3ccc(-c4ccc(N5c6ccccc6Sc6ccccc65)s4)cc3)cc2)s1. The van der Waals surface area contributed by atoms with E-state index in [2.05, 4.69) is 274 Å². The summed E-state index contributed by atoms with van der Waals surface area (Å²) in [6.45, 7) is 0. The van der Waals surface area contributed by atoms with Gasteiger partial charge >= 0.3 is 0 Å². The Kier molecular flexibility index (Phi) is 11.5. The highest BCUT2D eigenvalue weighted by atomic mass is 32.2. The molecular weight excluding hydrogens is 1040 g/mol. The van der Waals surface area contributed by atoms with Crippen molar-refractivity contribution in [2.45, 2.75) is 29.4 Å². The van der Waals surface area contributed by atoms with Gasteiger partial charge in [0.2, 0.25) is 0 Å². The molecule has 76 heavy (non-hydrogen) atoms. The number of fused-ring (bicyclic) bond motifs is 6. The monoisotopic (exact) mass is 1080 g/mol. The standard InChI is InChI=1S/C66H42N4S6/c1-7-19-58-49(13-1)68(50-14-2-8-20-59(50)71-58)64-40-37-55(74-64)43-25-31-46(32-26-43)67(47-33-27-44(28-34-47)56-38-41-65(75-56)69-51-15-3-9-21-60(51)72-61-22-10-4-16-52(61)69)48-35-29-45(30-36-48)57-39-42-66(76-57)70-53-17-5-11-23-62(53)73-63-24-12-6-18-54(63)70/h1-42H. The molecule has 0 spiro atoms. The van der Waals surface area contributed by atoms with Gasteiger partial charge in [-0.25, -0.2) is 0 Å². The first-order valence-corrected chi connectivity index (χ1v) is 29.9. The molecular formula is C66H42N4S6. The number of anilines is 12. The molecule has 3 aliphatic rings. The van der Waals surface area contributed by atoms with E-state index in [4.69, 9.17) is 0 Å². The van der Waals surface area contributed by atoms with E-state index in [0.717, 1.165) is 17.1 Å². The average molecular weight is 1080 g/mol. The van der Waals surface area contributed by atoms with Gasteiger partial charge in [0.05, 0.1) is 34.1 Å². The van der Waals surface area contributed by atoms with Crippen LogP contribution in [0.4, 0.5) is 66.2 Å². The minimum absolute atomic E-state index is 1.09. The van der Waals surface area contributed by atoms with Crippen molar-refractivity contribution in [2.75, 3.05) is 19.6 Å². The summed E-state index contributed by atoms with van der Waals surface area (Å²) in [5.41, 5.74) is 14.2. The molecule has 3 aliphatic heterocycles. The van der Waals surface area contributed by atoms with Crippen molar-refractivity contribution in [3.63, 3.8) is 0 Å². The molecule has 6 heterocycles. The van der Waals surface area contributed by atoms with Crippen molar-refractivity contribution in [3.8, 4) is 31.3 Å². The molecule has 0 saturated heterocycles. The molecule has 0 fully saturated rings. The second-order valence-corrected chi connectivity index (χ2v) is 24.9. The molecule has 0 atom stereocenters. The van der Waals surface area contributed by atoms with Gasteiger partial charge in [-0.1, -0.05) is 144 Å². The zero-order chi connectivity index (χ0) is 50.1. The molecule has 0 radical (unpaired) electrons. The summed E-state index contributed by atoms with van der Waals surface area (Å²) >= 11 is 11.0. The number of nitrogens with zero attached hydrogens (tertiary/aromatic N) is 4. The van der Waals surface area contributed by atoms with Gasteiger partial charge in [-0.2, -0.15) is 0 Å². The Morgan fingerprint density at radius 3 is 0.684 bits per heavy atom. The first kappa shape index (κ1) is 45.7. The van der Waals surface area contributed by atoms with Gasteiger partial charge in [-0.05, 0) is 162 Å². The van der Waals surface area contributed by atoms with Crippen LogP contribution in [0.5, 0.6) is 0 Å². The largest absolute Gasteiger partial charge is 0.311 e. The highest BCUT2D eigenvalue weighted by molar-refractivity contribution is 8.00. The highest BCUT2D eigenvalue weighted by Crippen LogP contribution is 2.56. The van der Waals surface area contributed by atoms with E-state index >= 15 is 0 Å². The molecule has 0 bridgehead atoms. The van der Waals surface area contributed by atoms with Crippen LogP contribution in [0.25, 0.3) is 31.3 Å². The maximum Gasteiger partial charge on any atom is 0.101 e. The lowest BCUT2D eigenvalue weighted by atomic mass is 10.1. The van der Waals surface area contributed by atoms with Crippen LogP contribution >= 0.6 is 69.3 Å². The van der Waals surface area contributed by atoms with Crippen LogP contribution in [0.3, 0.4) is 0 Å². The first-order chi connectivity index (χ1) is 37.6. The molecule has 0 saturated carbocycles. The average Bonchev–Trinajstić information content (AvgIpc) is 4.30. The van der Waals surface area contributed by atoms with Crippen LogP contribution in [0.1, 0.15) is 0 Å². The normalized spacial score (nSPS) is 13.0. The minimum Gasteiger partial charge on any atom is -0.311 e. The Hall–Kier alpha value is -7.67. The lowest BCUT2D eigenvalue weighted by Crippen LogP contribution is -2.13. The van der Waals surface area contributed by atoms with Crippen LogP contribution in [0.2, 0.25) is 0 Å². The fourth-order valence-corrected chi connectivity index (χ4v) is 16.7. The van der Waals surface area contributed by atoms with Gasteiger partial charge in [0, 0.05) is 61.1 Å². The van der Waals surface area contributed by atoms with Crippen molar-refractivity contribution >= 4 is 135 Å². The van der Waals surface area contributed by atoms with E-state index in [1.54, 1.807) is 0 Å². The van der Waals surface area contributed by atoms with Crippen LogP contribution in [0, 0.1) is 0 Å². The zero-order valence-corrected chi connectivity index (χ0v) is 45.4. The Bertz CT molecular complexity index is 3580. The number of hydrogen-bond donors (Lipinski definition) is 0. The van der Waals surface area contributed by atoms with Crippen LogP contribution in [-0.2, 0) is 0 Å². The van der Waals surface area contributed by atoms with Crippen LogP contribution < -0.4 is 19.6 Å². The lowest BCUT2D eigenvalue weighted by Gasteiger charge is -2.31. The van der Waals surface area contributed by atoms with Gasteiger partial charge in [0.15, 0.2) is 0 Å². The van der Waals surface area contributed by atoms with E-state index in [0.29, 0.717) is 0 Å². The second-order valence-electron chi connectivity index (χ2n) is 18.5. The van der Waals surface area contributed by atoms with E-state index in [1.807, 2.05) is 69.3 Å². The highest BCUT2D eigenvalue weighted by Gasteiger charge is 2.29. The summed E-state index contributed by atoms with van der Waals surface area (Å²) in [6, 6.07) is 93.3. The number of para-hydroxylation sites is 6. The molecule has 0 N–H and O–H groups in total. The van der Waals surface area contributed by atoms with Gasteiger partial charge < -0.3 is 4.90 Å². The Morgan fingerprint density at radius 2 is 0.447 bits per heavy atom.